The second kappa shape index (κ2) is 5.71. The molecule has 0 saturated carbocycles. The molecule has 1 aliphatic rings. The maximum atomic E-state index is 11.5. The molecule has 2 atom stereocenters. The Bertz CT molecular complexity index is 296. The Morgan fingerprint density at radius 2 is 1.89 bits per heavy atom. The molecule has 0 N–H and O–H groups in total. The molecule has 1 aliphatic heterocycles. The van der Waals surface area contributed by atoms with E-state index in [0.717, 1.165) is 0 Å². The van der Waals surface area contributed by atoms with Gasteiger partial charge in [0.1, 0.15) is 0 Å². The minimum Gasteiger partial charge on any atom is -0.469 e. The van der Waals surface area contributed by atoms with Crippen molar-refractivity contribution < 1.29 is 18.7 Å². The van der Waals surface area contributed by atoms with Crippen LogP contribution in [0.5, 0.6) is 0 Å². The standard InChI is InChI=1S/C13H26O4Si/c1-13(2,3)18(5,6)17-11-7-10(8-16-9-11)12(14)15-4/h10-11H,7-9H2,1-6H3/t10-,11-/m0/s1. The molecule has 0 bridgehead atoms. The number of esters is 1. The predicted molar refractivity (Wildman–Crippen MR) is 73.0 cm³/mol. The fraction of sp³-hybridized carbons (Fsp3) is 0.923. The van der Waals surface area contributed by atoms with Crippen molar-refractivity contribution in [3.05, 3.63) is 0 Å². The van der Waals surface area contributed by atoms with E-state index in [0.29, 0.717) is 19.6 Å². The second-order valence-corrected chi connectivity index (χ2v) is 11.2. The lowest BCUT2D eigenvalue weighted by Gasteiger charge is -2.41. The van der Waals surface area contributed by atoms with Gasteiger partial charge in [0.2, 0.25) is 0 Å². The quantitative estimate of drug-likeness (QED) is 0.586. The van der Waals surface area contributed by atoms with Crippen molar-refractivity contribution in [2.45, 2.75) is 51.4 Å². The molecule has 0 aromatic rings. The van der Waals surface area contributed by atoms with Gasteiger partial charge in [0.05, 0.1) is 32.3 Å². The van der Waals surface area contributed by atoms with Gasteiger partial charge in [0, 0.05) is 0 Å². The Hall–Kier alpha value is -0.393. The van der Waals surface area contributed by atoms with E-state index >= 15 is 0 Å². The van der Waals surface area contributed by atoms with Gasteiger partial charge in [-0.05, 0) is 24.6 Å². The monoisotopic (exact) mass is 274 g/mol. The number of hydrogen-bond acceptors (Lipinski definition) is 4. The summed E-state index contributed by atoms with van der Waals surface area (Å²) < 4.78 is 16.5. The summed E-state index contributed by atoms with van der Waals surface area (Å²) in [6, 6.07) is 0. The zero-order chi connectivity index (χ0) is 14.0. The van der Waals surface area contributed by atoms with Gasteiger partial charge < -0.3 is 13.9 Å². The molecule has 1 rings (SSSR count). The van der Waals surface area contributed by atoms with Gasteiger partial charge in [0.25, 0.3) is 0 Å². The molecule has 0 unspecified atom stereocenters. The Balaban J connectivity index is 2.60. The molecule has 4 nitrogen and oxygen atoms in total. The molecule has 1 heterocycles. The summed E-state index contributed by atoms with van der Waals surface area (Å²) in [6.07, 6.45) is 0.725. The summed E-state index contributed by atoms with van der Waals surface area (Å²) in [5.41, 5.74) is 0. The minimum absolute atomic E-state index is 0.0174. The molecular weight excluding hydrogens is 248 g/mol. The van der Waals surface area contributed by atoms with Crippen molar-refractivity contribution in [1.82, 2.24) is 0 Å². The minimum atomic E-state index is -1.80. The van der Waals surface area contributed by atoms with Gasteiger partial charge in [-0.3, -0.25) is 4.79 Å². The first-order chi connectivity index (χ1) is 8.17. The molecule has 18 heavy (non-hydrogen) atoms. The highest BCUT2D eigenvalue weighted by Crippen LogP contribution is 2.38. The molecule has 106 valence electrons. The highest BCUT2D eigenvalue weighted by atomic mass is 28.4. The van der Waals surface area contributed by atoms with E-state index in [1.165, 1.54) is 7.11 Å². The van der Waals surface area contributed by atoms with Crippen LogP contribution in [-0.2, 0) is 18.7 Å². The van der Waals surface area contributed by atoms with E-state index in [9.17, 15) is 4.79 Å². The highest BCUT2D eigenvalue weighted by molar-refractivity contribution is 6.74. The van der Waals surface area contributed by atoms with Crippen LogP contribution >= 0.6 is 0 Å². The summed E-state index contributed by atoms with van der Waals surface area (Å²) in [5, 5.41) is 0.172. The number of methoxy groups -OCH3 is 1. The summed E-state index contributed by atoms with van der Waals surface area (Å²) >= 11 is 0. The first-order valence-electron chi connectivity index (χ1n) is 6.51. The van der Waals surface area contributed by atoms with Crippen molar-refractivity contribution in [3.63, 3.8) is 0 Å². The van der Waals surface area contributed by atoms with Crippen molar-refractivity contribution >= 4 is 14.3 Å². The van der Waals surface area contributed by atoms with Gasteiger partial charge in [-0.15, -0.1) is 0 Å². The normalized spacial score (nSPS) is 25.9. The van der Waals surface area contributed by atoms with Crippen LogP contribution in [0, 0.1) is 5.92 Å². The van der Waals surface area contributed by atoms with E-state index in [2.05, 4.69) is 33.9 Å². The van der Waals surface area contributed by atoms with Crippen molar-refractivity contribution in [1.29, 1.82) is 0 Å². The molecule has 0 radical (unpaired) electrons. The van der Waals surface area contributed by atoms with Crippen LogP contribution in [0.1, 0.15) is 27.2 Å². The van der Waals surface area contributed by atoms with Crippen molar-refractivity contribution in [2.75, 3.05) is 20.3 Å². The molecule has 0 spiro atoms. The first-order valence-corrected chi connectivity index (χ1v) is 9.41. The van der Waals surface area contributed by atoms with E-state index in [-0.39, 0.29) is 23.0 Å². The largest absolute Gasteiger partial charge is 0.469 e. The molecular formula is C13H26O4Si. The van der Waals surface area contributed by atoms with Crippen LogP contribution in [0.2, 0.25) is 18.1 Å². The predicted octanol–water partition coefficient (Wildman–Crippen LogP) is 2.59. The average Bonchev–Trinajstić information content (AvgIpc) is 2.26. The third-order valence-corrected chi connectivity index (χ3v) is 8.51. The Morgan fingerprint density at radius 3 is 2.39 bits per heavy atom. The summed E-state index contributed by atoms with van der Waals surface area (Å²) in [5.74, 6) is -0.378. The van der Waals surface area contributed by atoms with Gasteiger partial charge in [-0.1, -0.05) is 20.8 Å². The first kappa shape index (κ1) is 15.7. The Kier molecular flexibility index (Phi) is 4.97. The van der Waals surface area contributed by atoms with E-state index in [4.69, 9.17) is 13.9 Å². The lowest BCUT2D eigenvalue weighted by molar-refractivity contribution is -0.153. The Morgan fingerprint density at radius 1 is 1.28 bits per heavy atom. The molecule has 5 heteroatoms. The third kappa shape index (κ3) is 3.80. The van der Waals surface area contributed by atoms with Gasteiger partial charge in [-0.2, -0.15) is 0 Å². The molecule has 0 aromatic heterocycles. The van der Waals surface area contributed by atoms with Crippen LogP contribution in [0.25, 0.3) is 0 Å². The van der Waals surface area contributed by atoms with E-state index in [1.807, 2.05) is 0 Å². The average molecular weight is 274 g/mol. The van der Waals surface area contributed by atoms with Crippen molar-refractivity contribution in [2.24, 2.45) is 5.92 Å². The maximum absolute atomic E-state index is 11.5. The second-order valence-electron chi connectivity index (χ2n) is 6.49. The SMILES string of the molecule is COC(=O)[C@@H]1COC[C@@H](O[Si](C)(C)C(C)(C)C)C1. The van der Waals surface area contributed by atoms with E-state index in [1.54, 1.807) is 0 Å². The maximum Gasteiger partial charge on any atom is 0.311 e. The van der Waals surface area contributed by atoms with Crippen LogP contribution in [0.15, 0.2) is 0 Å². The fourth-order valence-corrected chi connectivity index (χ4v) is 3.15. The van der Waals surface area contributed by atoms with Crippen LogP contribution < -0.4 is 0 Å². The summed E-state index contributed by atoms with van der Waals surface area (Å²) in [7, 11) is -0.382. The Labute approximate surface area is 111 Å². The smallest absolute Gasteiger partial charge is 0.311 e. The molecule has 0 amide bonds. The summed E-state index contributed by atoms with van der Waals surface area (Å²) in [6.45, 7) is 12.1. The molecule has 1 saturated heterocycles. The van der Waals surface area contributed by atoms with Gasteiger partial charge in [-0.25, -0.2) is 0 Å². The molecule has 0 aliphatic carbocycles. The fourth-order valence-electron chi connectivity index (χ4n) is 1.80. The highest BCUT2D eigenvalue weighted by Gasteiger charge is 2.41. The van der Waals surface area contributed by atoms with E-state index < -0.39 is 8.32 Å². The number of ether oxygens (including phenoxy) is 2. The molecule has 1 fully saturated rings. The lowest BCUT2D eigenvalue weighted by atomic mass is 10.0. The topological polar surface area (TPSA) is 44.8 Å². The zero-order valence-electron chi connectivity index (χ0n) is 12.4. The number of carbonyl (C=O) groups is 1. The zero-order valence-corrected chi connectivity index (χ0v) is 13.4. The van der Waals surface area contributed by atoms with Gasteiger partial charge >= 0.3 is 5.97 Å². The molecule has 0 aromatic carbocycles. The van der Waals surface area contributed by atoms with Crippen LogP contribution in [0.4, 0.5) is 0 Å². The van der Waals surface area contributed by atoms with Crippen molar-refractivity contribution in [3.8, 4) is 0 Å². The number of hydrogen-bond donors (Lipinski definition) is 0. The van der Waals surface area contributed by atoms with Crippen LogP contribution in [-0.4, -0.2) is 40.7 Å². The third-order valence-electron chi connectivity index (χ3n) is 3.97. The van der Waals surface area contributed by atoms with Crippen LogP contribution in [0.3, 0.4) is 0 Å². The number of rotatable bonds is 3. The summed E-state index contributed by atoms with van der Waals surface area (Å²) in [4.78, 5) is 11.5. The number of carbonyl (C=O) groups excluding carboxylic acids is 1. The lowest BCUT2D eigenvalue weighted by Crippen LogP contribution is -2.47. The van der Waals surface area contributed by atoms with Gasteiger partial charge in [0.15, 0.2) is 8.32 Å².